The number of nitrogens with one attached hydrogen (secondary N) is 1. The summed E-state index contributed by atoms with van der Waals surface area (Å²) in [6.07, 6.45) is 0.905. The SMILES string of the molecule is Cc1ccc(S(=O)(=O)N[C@@H]2CCC[C@H](N3c4ccccc4Oc4cc(F)ccc43)[C@H]2O)cc1. The number of fused-ring (bicyclic) bond motifs is 2. The van der Waals surface area contributed by atoms with E-state index in [2.05, 4.69) is 4.72 Å². The van der Waals surface area contributed by atoms with E-state index in [1.54, 1.807) is 36.4 Å². The molecule has 0 unspecified atom stereocenters. The van der Waals surface area contributed by atoms with Crippen LogP contribution in [-0.2, 0) is 10.0 Å². The van der Waals surface area contributed by atoms with Crippen molar-refractivity contribution in [3.63, 3.8) is 0 Å². The summed E-state index contributed by atoms with van der Waals surface area (Å²) in [5.74, 6) is 0.509. The van der Waals surface area contributed by atoms with Crippen molar-refractivity contribution in [2.45, 2.75) is 49.3 Å². The average Bonchev–Trinajstić information content (AvgIpc) is 2.79. The van der Waals surface area contributed by atoms with Crippen LogP contribution in [0.25, 0.3) is 0 Å². The normalized spacial score (nSPS) is 22.3. The second-order valence-electron chi connectivity index (χ2n) is 8.58. The first kappa shape index (κ1) is 21.9. The number of halogens is 1. The average molecular weight is 469 g/mol. The Morgan fingerprint density at radius 3 is 2.52 bits per heavy atom. The zero-order valence-corrected chi connectivity index (χ0v) is 18.9. The first-order valence-electron chi connectivity index (χ1n) is 11.0. The van der Waals surface area contributed by atoms with E-state index >= 15 is 0 Å². The molecule has 8 heteroatoms. The fourth-order valence-electron chi connectivity index (χ4n) is 4.67. The maximum atomic E-state index is 13.9. The second-order valence-corrected chi connectivity index (χ2v) is 10.3. The van der Waals surface area contributed by atoms with E-state index < -0.39 is 34.0 Å². The number of aliphatic hydroxyl groups is 1. The Hall–Kier alpha value is -2.94. The minimum atomic E-state index is -3.79. The van der Waals surface area contributed by atoms with Gasteiger partial charge in [0.25, 0.3) is 0 Å². The number of para-hydroxylation sites is 2. The van der Waals surface area contributed by atoms with Crippen LogP contribution in [0.4, 0.5) is 15.8 Å². The van der Waals surface area contributed by atoms with Gasteiger partial charge in [-0.15, -0.1) is 0 Å². The molecule has 1 saturated carbocycles. The standard InChI is InChI=1S/C25H25FN2O4S/c1-16-9-12-18(13-10-16)33(30,31)27-19-5-4-7-22(25(19)29)28-20-6-2-3-8-23(20)32-24-15-17(26)11-14-21(24)28/h2-3,6,8-15,19,22,25,27,29H,4-5,7H2,1H3/t19-,22+,25+/m1/s1. The predicted octanol–water partition coefficient (Wildman–Crippen LogP) is 4.64. The highest BCUT2D eigenvalue weighted by molar-refractivity contribution is 7.89. The van der Waals surface area contributed by atoms with Crippen LogP contribution in [-0.4, -0.2) is 31.7 Å². The predicted molar refractivity (Wildman–Crippen MR) is 124 cm³/mol. The van der Waals surface area contributed by atoms with E-state index in [4.69, 9.17) is 4.74 Å². The third-order valence-electron chi connectivity index (χ3n) is 6.32. The highest BCUT2D eigenvalue weighted by Crippen LogP contribution is 2.49. The summed E-state index contributed by atoms with van der Waals surface area (Å²) in [5.41, 5.74) is 2.36. The first-order valence-corrected chi connectivity index (χ1v) is 12.4. The number of rotatable bonds is 4. The van der Waals surface area contributed by atoms with Crippen LogP contribution in [0.15, 0.2) is 71.6 Å². The molecule has 5 rings (SSSR count). The van der Waals surface area contributed by atoms with E-state index in [9.17, 15) is 17.9 Å². The Bertz CT molecular complexity index is 1280. The van der Waals surface area contributed by atoms with Gasteiger partial charge in [0, 0.05) is 6.07 Å². The fraction of sp³-hybridized carbons (Fsp3) is 0.280. The van der Waals surface area contributed by atoms with Crippen LogP contribution >= 0.6 is 0 Å². The van der Waals surface area contributed by atoms with Crippen molar-refractivity contribution in [2.75, 3.05) is 4.90 Å². The monoisotopic (exact) mass is 468 g/mol. The Balaban J connectivity index is 1.48. The number of benzene rings is 3. The topological polar surface area (TPSA) is 78.9 Å². The van der Waals surface area contributed by atoms with Crippen molar-refractivity contribution in [1.29, 1.82) is 0 Å². The minimum absolute atomic E-state index is 0.167. The second kappa shape index (κ2) is 8.44. The maximum absolute atomic E-state index is 13.9. The number of aliphatic hydroxyl groups excluding tert-OH is 1. The molecule has 33 heavy (non-hydrogen) atoms. The molecule has 172 valence electrons. The Morgan fingerprint density at radius 1 is 1.00 bits per heavy atom. The lowest BCUT2D eigenvalue weighted by atomic mass is 9.86. The number of nitrogens with zero attached hydrogens (tertiary/aromatic N) is 1. The molecule has 1 aliphatic heterocycles. The molecular formula is C25H25FN2O4S. The highest BCUT2D eigenvalue weighted by atomic mass is 32.2. The molecule has 0 radical (unpaired) electrons. The van der Waals surface area contributed by atoms with Gasteiger partial charge in [-0.2, -0.15) is 0 Å². The van der Waals surface area contributed by atoms with Crippen molar-refractivity contribution in [2.24, 2.45) is 0 Å². The zero-order valence-electron chi connectivity index (χ0n) is 18.1. The summed E-state index contributed by atoms with van der Waals surface area (Å²) in [7, 11) is -3.79. The Morgan fingerprint density at radius 2 is 1.73 bits per heavy atom. The van der Waals surface area contributed by atoms with Gasteiger partial charge in [0.2, 0.25) is 10.0 Å². The lowest BCUT2D eigenvalue weighted by Gasteiger charge is -2.44. The molecule has 1 heterocycles. The quantitative estimate of drug-likeness (QED) is 0.583. The van der Waals surface area contributed by atoms with Crippen LogP contribution < -0.4 is 14.4 Å². The lowest BCUT2D eigenvalue weighted by molar-refractivity contribution is 0.0807. The molecule has 0 bridgehead atoms. The Kier molecular flexibility index (Phi) is 5.60. The van der Waals surface area contributed by atoms with E-state index in [0.29, 0.717) is 30.0 Å². The van der Waals surface area contributed by atoms with Crippen LogP contribution in [0.5, 0.6) is 11.5 Å². The largest absolute Gasteiger partial charge is 0.453 e. The number of hydrogen-bond acceptors (Lipinski definition) is 5. The molecule has 2 aliphatic rings. The van der Waals surface area contributed by atoms with Gasteiger partial charge in [0.15, 0.2) is 11.5 Å². The summed E-state index contributed by atoms with van der Waals surface area (Å²) in [4.78, 5) is 2.12. The molecule has 3 aromatic rings. The molecule has 0 spiro atoms. The number of anilines is 2. The minimum Gasteiger partial charge on any atom is -0.453 e. The molecule has 1 aliphatic carbocycles. The van der Waals surface area contributed by atoms with Gasteiger partial charge >= 0.3 is 0 Å². The van der Waals surface area contributed by atoms with Crippen LogP contribution in [0.3, 0.4) is 0 Å². The van der Waals surface area contributed by atoms with Crippen LogP contribution in [0, 0.1) is 12.7 Å². The molecule has 1 fully saturated rings. The fourth-order valence-corrected chi connectivity index (χ4v) is 5.95. The van der Waals surface area contributed by atoms with Gasteiger partial charge in [0.1, 0.15) is 5.82 Å². The first-order chi connectivity index (χ1) is 15.8. The maximum Gasteiger partial charge on any atom is 0.240 e. The molecule has 6 nitrogen and oxygen atoms in total. The zero-order chi connectivity index (χ0) is 23.2. The summed E-state index contributed by atoms with van der Waals surface area (Å²) < 4.78 is 48.5. The van der Waals surface area contributed by atoms with Crippen molar-refractivity contribution < 1.29 is 22.7 Å². The highest BCUT2D eigenvalue weighted by Gasteiger charge is 2.41. The van der Waals surface area contributed by atoms with Gasteiger partial charge < -0.3 is 14.7 Å². The third-order valence-corrected chi connectivity index (χ3v) is 7.82. The van der Waals surface area contributed by atoms with Crippen molar-refractivity contribution in [1.82, 2.24) is 4.72 Å². The summed E-state index contributed by atoms with van der Waals surface area (Å²) >= 11 is 0. The van der Waals surface area contributed by atoms with E-state index in [1.165, 1.54) is 12.1 Å². The molecule has 0 saturated heterocycles. The van der Waals surface area contributed by atoms with Gasteiger partial charge in [-0.1, -0.05) is 29.8 Å². The Labute approximate surface area is 192 Å². The smallest absolute Gasteiger partial charge is 0.240 e. The number of ether oxygens (including phenoxy) is 1. The van der Waals surface area contributed by atoms with Crippen molar-refractivity contribution in [3.05, 3.63) is 78.1 Å². The van der Waals surface area contributed by atoms with Crippen LogP contribution in [0.2, 0.25) is 0 Å². The van der Waals surface area contributed by atoms with Crippen molar-refractivity contribution >= 4 is 21.4 Å². The van der Waals surface area contributed by atoms with E-state index in [-0.39, 0.29) is 4.90 Å². The number of aryl methyl sites for hydroxylation is 1. The van der Waals surface area contributed by atoms with Gasteiger partial charge in [-0.25, -0.2) is 17.5 Å². The lowest BCUT2D eigenvalue weighted by Crippen LogP contribution is -2.56. The molecule has 3 atom stereocenters. The van der Waals surface area contributed by atoms with Crippen LogP contribution in [0.1, 0.15) is 24.8 Å². The summed E-state index contributed by atoms with van der Waals surface area (Å²) in [6.45, 7) is 1.89. The molecular weight excluding hydrogens is 443 g/mol. The third kappa shape index (κ3) is 4.10. The van der Waals surface area contributed by atoms with Gasteiger partial charge in [0.05, 0.1) is 34.5 Å². The molecule has 2 N–H and O–H groups in total. The van der Waals surface area contributed by atoms with E-state index in [0.717, 1.165) is 17.7 Å². The number of sulfonamides is 1. The van der Waals surface area contributed by atoms with E-state index in [1.807, 2.05) is 30.0 Å². The van der Waals surface area contributed by atoms with Crippen molar-refractivity contribution in [3.8, 4) is 11.5 Å². The molecule has 3 aromatic carbocycles. The van der Waals surface area contributed by atoms with Gasteiger partial charge in [-0.05, 0) is 62.6 Å². The van der Waals surface area contributed by atoms with Gasteiger partial charge in [-0.3, -0.25) is 0 Å². The summed E-state index contributed by atoms with van der Waals surface area (Å²) in [6, 6.07) is 17.2. The molecule has 0 amide bonds. The summed E-state index contributed by atoms with van der Waals surface area (Å²) in [5, 5.41) is 11.4. The molecule has 0 aromatic heterocycles. The number of hydrogen-bond donors (Lipinski definition) is 2.